The van der Waals surface area contributed by atoms with Crippen molar-refractivity contribution in [3.05, 3.63) is 47.3 Å². The highest BCUT2D eigenvalue weighted by Gasteiger charge is 2.23. The molecule has 0 bridgehead atoms. The summed E-state index contributed by atoms with van der Waals surface area (Å²) in [7, 11) is 0. The van der Waals surface area contributed by atoms with Crippen LogP contribution in [0.15, 0.2) is 34.9 Å². The molecule has 0 saturated heterocycles. The van der Waals surface area contributed by atoms with Gasteiger partial charge >= 0.3 is 5.97 Å². The zero-order chi connectivity index (χ0) is 18.0. The molecule has 3 rings (SSSR count). The van der Waals surface area contributed by atoms with E-state index in [0.717, 1.165) is 5.52 Å². The molecule has 2 N–H and O–H groups in total. The Morgan fingerprint density at radius 2 is 2.08 bits per heavy atom. The van der Waals surface area contributed by atoms with Gasteiger partial charge in [-0.3, -0.25) is 4.79 Å². The van der Waals surface area contributed by atoms with Crippen molar-refractivity contribution in [2.75, 3.05) is 11.9 Å². The lowest BCUT2D eigenvalue weighted by atomic mass is 10.1. The number of aromatic nitrogens is 2. The number of rotatable bonds is 5. The number of benzene rings is 1. The number of para-hydroxylation sites is 1. The summed E-state index contributed by atoms with van der Waals surface area (Å²) in [4.78, 5) is 27.8. The van der Waals surface area contributed by atoms with Crippen LogP contribution in [0.1, 0.15) is 53.3 Å². The molecule has 0 fully saturated rings. The van der Waals surface area contributed by atoms with Gasteiger partial charge in [-0.05, 0) is 13.0 Å². The lowest BCUT2D eigenvalue weighted by Crippen LogP contribution is -2.16. The second-order valence-corrected chi connectivity index (χ2v) is 5.86. The monoisotopic (exact) mass is 341 g/mol. The highest BCUT2D eigenvalue weighted by Crippen LogP contribution is 2.27. The number of carbonyl (C=O) groups is 2. The number of aromatic amines is 1. The molecular weight excluding hydrogens is 322 g/mol. The molecule has 0 aliphatic rings. The van der Waals surface area contributed by atoms with Crippen molar-refractivity contribution in [1.29, 1.82) is 0 Å². The van der Waals surface area contributed by atoms with E-state index in [1.54, 1.807) is 19.1 Å². The van der Waals surface area contributed by atoms with E-state index in [9.17, 15) is 9.59 Å². The Balaban J connectivity index is 1.95. The number of fused-ring (bicyclic) bond motifs is 1. The molecule has 0 saturated carbocycles. The van der Waals surface area contributed by atoms with Gasteiger partial charge < -0.3 is 19.6 Å². The molecular formula is C18H19N3O4. The van der Waals surface area contributed by atoms with Gasteiger partial charge in [0.25, 0.3) is 5.91 Å². The Labute approximate surface area is 144 Å². The number of hydrogen-bond donors (Lipinski definition) is 2. The zero-order valence-electron chi connectivity index (χ0n) is 14.3. The topological polar surface area (TPSA) is 97.2 Å². The molecule has 1 aromatic carbocycles. The summed E-state index contributed by atoms with van der Waals surface area (Å²) in [5.41, 5.74) is 1.17. The third-order valence-corrected chi connectivity index (χ3v) is 3.75. The molecule has 0 spiro atoms. The van der Waals surface area contributed by atoms with Crippen LogP contribution in [0.3, 0.4) is 0 Å². The van der Waals surface area contributed by atoms with Crippen LogP contribution < -0.4 is 5.32 Å². The van der Waals surface area contributed by atoms with Crippen LogP contribution in [-0.2, 0) is 4.74 Å². The molecule has 2 heterocycles. The fourth-order valence-corrected chi connectivity index (χ4v) is 2.50. The summed E-state index contributed by atoms with van der Waals surface area (Å²) in [6.45, 7) is 5.86. The summed E-state index contributed by atoms with van der Waals surface area (Å²) in [6, 6.07) is 8.86. The van der Waals surface area contributed by atoms with Crippen LogP contribution in [-0.4, -0.2) is 28.6 Å². The van der Waals surface area contributed by atoms with Gasteiger partial charge in [0.1, 0.15) is 17.1 Å². The van der Waals surface area contributed by atoms with Gasteiger partial charge in [-0.25, -0.2) is 4.79 Å². The highest BCUT2D eigenvalue weighted by molar-refractivity contribution is 6.13. The standard InChI is InChI=1S/C18H19N3O4/c1-4-24-18(23)15-11-7-5-6-8-12(11)19-16(15)20-17(22)13-9-14(10(2)3)25-21-13/h5-10,19H,4H2,1-3H3,(H,20,22). The van der Waals surface area contributed by atoms with Crippen molar-refractivity contribution in [2.24, 2.45) is 0 Å². The minimum atomic E-state index is -0.502. The van der Waals surface area contributed by atoms with Crippen molar-refractivity contribution in [3.63, 3.8) is 0 Å². The van der Waals surface area contributed by atoms with E-state index in [-0.39, 0.29) is 24.0 Å². The largest absolute Gasteiger partial charge is 0.462 e. The van der Waals surface area contributed by atoms with Crippen LogP contribution in [0.25, 0.3) is 10.9 Å². The Bertz CT molecular complexity index is 923. The van der Waals surface area contributed by atoms with Gasteiger partial charge in [-0.2, -0.15) is 0 Å². The van der Waals surface area contributed by atoms with E-state index in [4.69, 9.17) is 9.26 Å². The van der Waals surface area contributed by atoms with Crippen molar-refractivity contribution >= 4 is 28.6 Å². The van der Waals surface area contributed by atoms with Gasteiger partial charge in [0.15, 0.2) is 5.69 Å². The Kier molecular flexibility index (Phi) is 4.56. The van der Waals surface area contributed by atoms with E-state index in [2.05, 4.69) is 15.5 Å². The maximum atomic E-state index is 12.5. The van der Waals surface area contributed by atoms with E-state index < -0.39 is 11.9 Å². The molecule has 0 radical (unpaired) electrons. The van der Waals surface area contributed by atoms with E-state index in [0.29, 0.717) is 16.7 Å². The van der Waals surface area contributed by atoms with Crippen molar-refractivity contribution in [3.8, 4) is 0 Å². The highest BCUT2D eigenvalue weighted by atomic mass is 16.5. The van der Waals surface area contributed by atoms with Gasteiger partial charge in [0, 0.05) is 22.9 Å². The number of amides is 1. The van der Waals surface area contributed by atoms with Crippen LogP contribution in [0.5, 0.6) is 0 Å². The molecule has 7 nitrogen and oxygen atoms in total. The number of nitrogens with one attached hydrogen (secondary N) is 2. The average Bonchev–Trinajstić information content (AvgIpc) is 3.19. The summed E-state index contributed by atoms with van der Waals surface area (Å²) in [5.74, 6) is 0.0504. The average molecular weight is 341 g/mol. The predicted molar refractivity (Wildman–Crippen MR) is 92.8 cm³/mol. The molecule has 0 aliphatic heterocycles. The Hall–Kier alpha value is -3.09. The first-order valence-electron chi connectivity index (χ1n) is 8.07. The Morgan fingerprint density at radius 1 is 1.32 bits per heavy atom. The van der Waals surface area contributed by atoms with Crippen LogP contribution in [0, 0.1) is 0 Å². The Morgan fingerprint density at radius 3 is 2.76 bits per heavy atom. The fourth-order valence-electron chi connectivity index (χ4n) is 2.50. The molecule has 2 aromatic heterocycles. The maximum absolute atomic E-state index is 12.5. The van der Waals surface area contributed by atoms with E-state index >= 15 is 0 Å². The van der Waals surface area contributed by atoms with Crippen molar-refractivity contribution < 1.29 is 18.8 Å². The van der Waals surface area contributed by atoms with Crippen LogP contribution in [0.4, 0.5) is 5.82 Å². The number of H-pyrrole nitrogens is 1. The number of hydrogen-bond acceptors (Lipinski definition) is 5. The number of carbonyl (C=O) groups excluding carboxylic acids is 2. The van der Waals surface area contributed by atoms with Crippen molar-refractivity contribution in [1.82, 2.24) is 10.1 Å². The molecule has 7 heteroatoms. The van der Waals surface area contributed by atoms with Gasteiger partial charge in [0.05, 0.1) is 6.61 Å². The van der Waals surface area contributed by atoms with E-state index in [1.807, 2.05) is 32.0 Å². The van der Waals surface area contributed by atoms with E-state index in [1.165, 1.54) is 0 Å². The summed E-state index contributed by atoms with van der Waals surface area (Å²) in [5, 5.41) is 7.15. The second-order valence-electron chi connectivity index (χ2n) is 5.86. The van der Waals surface area contributed by atoms with Gasteiger partial charge in [0.2, 0.25) is 0 Å². The minimum Gasteiger partial charge on any atom is -0.462 e. The first-order chi connectivity index (χ1) is 12.0. The molecule has 0 unspecified atom stereocenters. The molecule has 25 heavy (non-hydrogen) atoms. The van der Waals surface area contributed by atoms with Gasteiger partial charge in [-0.15, -0.1) is 0 Å². The molecule has 1 amide bonds. The number of nitrogens with zero attached hydrogens (tertiary/aromatic N) is 1. The number of ether oxygens (including phenoxy) is 1. The molecule has 3 aromatic rings. The SMILES string of the molecule is CCOC(=O)c1c(NC(=O)c2cc(C(C)C)on2)[nH]c2ccccc12. The van der Waals surface area contributed by atoms with Crippen LogP contribution in [0.2, 0.25) is 0 Å². The third kappa shape index (κ3) is 3.26. The first kappa shape index (κ1) is 16.8. The van der Waals surface area contributed by atoms with Gasteiger partial charge in [-0.1, -0.05) is 37.2 Å². The third-order valence-electron chi connectivity index (χ3n) is 3.75. The number of esters is 1. The first-order valence-corrected chi connectivity index (χ1v) is 8.07. The van der Waals surface area contributed by atoms with Crippen molar-refractivity contribution in [2.45, 2.75) is 26.7 Å². The normalized spacial score (nSPS) is 11.0. The lowest BCUT2D eigenvalue weighted by Gasteiger charge is -2.05. The number of anilines is 1. The maximum Gasteiger partial charge on any atom is 0.342 e. The molecule has 130 valence electrons. The zero-order valence-corrected chi connectivity index (χ0v) is 14.3. The summed E-state index contributed by atoms with van der Waals surface area (Å²) in [6.07, 6.45) is 0. The summed E-state index contributed by atoms with van der Waals surface area (Å²) < 4.78 is 10.3. The van der Waals surface area contributed by atoms with Crippen LogP contribution >= 0.6 is 0 Å². The smallest absolute Gasteiger partial charge is 0.342 e. The minimum absolute atomic E-state index is 0.122. The second kappa shape index (κ2) is 6.80. The fraction of sp³-hybridized carbons (Fsp3) is 0.278. The molecule has 0 atom stereocenters. The lowest BCUT2D eigenvalue weighted by molar-refractivity contribution is 0.0530. The quantitative estimate of drug-likeness (QED) is 0.690. The molecule has 0 aliphatic carbocycles. The summed E-state index contributed by atoms with van der Waals surface area (Å²) >= 11 is 0. The predicted octanol–water partition coefficient (Wildman–Crippen LogP) is 3.71.